The third-order valence-corrected chi connectivity index (χ3v) is 3.53. The summed E-state index contributed by atoms with van der Waals surface area (Å²) in [5.41, 5.74) is 0.855. The first-order chi connectivity index (χ1) is 10.8. The van der Waals surface area contributed by atoms with Crippen LogP contribution >= 0.6 is 0 Å². The van der Waals surface area contributed by atoms with Gasteiger partial charge in [-0.05, 0) is 44.7 Å². The highest BCUT2D eigenvalue weighted by Crippen LogP contribution is 2.34. The largest absolute Gasteiger partial charge is 0.451 e. The molecule has 0 atom stereocenters. The number of nitrogens with one attached hydrogen (secondary N) is 1. The number of benzene rings is 1. The van der Waals surface area contributed by atoms with Crippen molar-refractivity contribution in [3.8, 4) is 0 Å². The molecule has 1 aromatic carbocycles. The Morgan fingerprint density at radius 1 is 1.00 bits per heavy atom. The standard InChI is InChI=1S/C18H24F3N3/c1-11-7-8-13-12(9-11)14(23-15(22-13)18(19,20)21)24-17(5,6)10-16(2,3)4/h7-9H,10H2,1-6H3,(H,22,23,24). The SMILES string of the molecule is Cc1ccc2nc(C(F)(F)F)nc(NC(C)(C)CC(C)(C)C)c2c1. The number of nitrogens with zero attached hydrogens (tertiary/aromatic N) is 2. The van der Waals surface area contributed by atoms with Gasteiger partial charge in [-0.25, -0.2) is 9.97 Å². The summed E-state index contributed by atoms with van der Waals surface area (Å²) < 4.78 is 39.4. The Balaban J connectivity index is 2.56. The zero-order valence-electron chi connectivity index (χ0n) is 15.0. The highest BCUT2D eigenvalue weighted by molar-refractivity contribution is 5.90. The molecule has 0 fully saturated rings. The number of aromatic nitrogens is 2. The van der Waals surface area contributed by atoms with Gasteiger partial charge < -0.3 is 5.32 Å². The summed E-state index contributed by atoms with van der Waals surface area (Å²) in [6.07, 6.45) is -3.80. The van der Waals surface area contributed by atoms with Crippen LogP contribution in [0.15, 0.2) is 18.2 Å². The highest BCUT2D eigenvalue weighted by Gasteiger charge is 2.36. The van der Waals surface area contributed by atoms with Crippen molar-refractivity contribution in [2.45, 2.75) is 59.7 Å². The van der Waals surface area contributed by atoms with Gasteiger partial charge in [-0.3, -0.25) is 0 Å². The van der Waals surface area contributed by atoms with Crippen LogP contribution in [0.5, 0.6) is 0 Å². The molecule has 3 nitrogen and oxygen atoms in total. The van der Waals surface area contributed by atoms with Gasteiger partial charge in [0.15, 0.2) is 0 Å². The summed E-state index contributed by atoms with van der Waals surface area (Å²) in [6, 6.07) is 5.16. The Morgan fingerprint density at radius 2 is 1.62 bits per heavy atom. The Hall–Kier alpha value is -1.85. The zero-order valence-corrected chi connectivity index (χ0v) is 15.0. The van der Waals surface area contributed by atoms with Gasteiger partial charge in [0, 0.05) is 10.9 Å². The van der Waals surface area contributed by atoms with Crippen molar-refractivity contribution in [3.63, 3.8) is 0 Å². The fraction of sp³-hybridized carbons (Fsp3) is 0.556. The molecule has 0 aliphatic rings. The van der Waals surface area contributed by atoms with Crippen molar-refractivity contribution in [1.29, 1.82) is 0 Å². The Bertz CT molecular complexity index is 743. The lowest BCUT2D eigenvalue weighted by molar-refractivity contribution is -0.144. The first-order valence-corrected chi connectivity index (χ1v) is 7.91. The summed E-state index contributed by atoms with van der Waals surface area (Å²) in [4.78, 5) is 7.46. The quantitative estimate of drug-likeness (QED) is 0.793. The van der Waals surface area contributed by atoms with Crippen LogP contribution in [0.3, 0.4) is 0 Å². The van der Waals surface area contributed by atoms with Crippen LogP contribution in [-0.2, 0) is 6.18 Å². The van der Waals surface area contributed by atoms with Crippen LogP contribution < -0.4 is 5.32 Å². The number of hydrogen-bond acceptors (Lipinski definition) is 3. The second-order valence-corrected chi connectivity index (χ2v) is 8.16. The maximum Gasteiger partial charge on any atom is 0.451 e. The van der Waals surface area contributed by atoms with Crippen LogP contribution in [0.4, 0.5) is 19.0 Å². The predicted molar refractivity (Wildman–Crippen MR) is 91.1 cm³/mol. The highest BCUT2D eigenvalue weighted by atomic mass is 19.4. The number of halogens is 3. The second-order valence-electron chi connectivity index (χ2n) is 8.16. The minimum atomic E-state index is -4.58. The van der Waals surface area contributed by atoms with Gasteiger partial charge in [-0.2, -0.15) is 13.2 Å². The Morgan fingerprint density at radius 3 is 2.17 bits per heavy atom. The first kappa shape index (κ1) is 18.5. The molecule has 1 aromatic heterocycles. The van der Waals surface area contributed by atoms with Gasteiger partial charge in [0.2, 0.25) is 5.82 Å². The lowest BCUT2D eigenvalue weighted by Crippen LogP contribution is -2.36. The van der Waals surface area contributed by atoms with Crippen LogP contribution in [0.2, 0.25) is 0 Å². The Kier molecular flexibility index (Phi) is 4.55. The molecule has 0 spiro atoms. The molecular weight excluding hydrogens is 315 g/mol. The molecule has 0 saturated carbocycles. The number of alkyl halides is 3. The average Bonchev–Trinajstić information content (AvgIpc) is 2.34. The maximum atomic E-state index is 13.1. The minimum Gasteiger partial charge on any atom is -0.365 e. The lowest BCUT2D eigenvalue weighted by atomic mass is 9.82. The normalized spacial score (nSPS) is 13.4. The van der Waals surface area contributed by atoms with E-state index in [1.165, 1.54) is 0 Å². The van der Waals surface area contributed by atoms with Crippen molar-refractivity contribution in [2.75, 3.05) is 5.32 Å². The van der Waals surface area contributed by atoms with E-state index in [0.717, 1.165) is 12.0 Å². The van der Waals surface area contributed by atoms with Crippen LogP contribution in [0.25, 0.3) is 10.9 Å². The predicted octanol–water partition coefficient (Wildman–Crippen LogP) is 5.58. The van der Waals surface area contributed by atoms with Crippen molar-refractivity contribution < 1.29 is 13.2 Å². The maximum absolute atomic E-state index is 13.1. The molecule has 0 amide bonds. The summed E-state index contributed by atoms with van der Waals surface area (Å²) in [5, 5.41) is 3.81. The molecule has 0 saturated heterocycles. The third kappa shape index (κ3) is 4.58. The van der Waals surface area contributed by atoms with E-state index in [2.05, 4.69) is 36.1 Å². The number of fused-ring (bicyclic) bond motifs is 1. The number of aryl methyl sites for hydroxylation is 1. The fourth-order valence-corrected chi connectivity index (χ4v) is 3.15. The van der Waals surface area contributed by atoms with Gasteiger partial charge in [0.25, 0.3) is 0 Å². The molecule has 0 radical (unpaired) electrons. The first-order valence-electron chi connectivity index (χ1n) is 7.91. The fourth-order valence-electron chi connectivity index (χ4n) is 3.15. The van der Waals surface area contributed by atoms with Crippen LogP contribution in [0.1, 0.15) is 52.4 Å². The smallest absolute Gasteiger partial charge is 0.365 e. The molecule has 0 aliphatic heterocycles. The van der Waals surface area contributed by atoms with E-state index in [4.69, 9.17) is 0 Å². The number of hydrogen-bond donors (Lipinski definition) is 1. The van der Waals surface area contributed by atoms with Crippen molar-refractivity contribution in [2.24, 2.45) is 5.41 Å². The second kappa shape index (κ2) is 5.90. The summed E-state index contributed by atoms with van der Waals surface area (Å²) >= 11 is 0. The molecule has 132 valence electrons. The van der Waals surface area contributed by atoms with Gasteiger partial charge in [-0.15, -0.1) is 0 Å². The molecule has 2 rings (SSSR count). The zero-order chi connectivity index (χ0) is 18.3. The van der Waals surface area contributed by atoms with Crippen molar-refractivity contribution in [1.82, 2.24) is 9.97 Å². The van der Waals surface area contributed by atoms with Gasteiger partial charge in [-0.1, -0.05) is 32.4 Å². The molecule has 24 heavy (non-hydrogen) atoms. The lowest BCUT2D eigenvalue weighted by Gasteiger charge is -2.34. The summed E-state index contributed by atoms with van der Waals surface area (Å²) in [6.45, 7) is 12.1. The average molecular weight is 339 g/mol. The monoisotopic (exact) mass is 339 g/mol. The third-order valence-electron chi connectivity index (χ3n) is 3.53. The minimum absolute atomic E-state index is 0.0299. The van der Waals surface area contributed by atoms with Gasteiger partial charge in [0.05, 0.1) is 5.52 Å². The van der Waals surface area contributed by atoms with E-state index in [1.54, 1.807) is 12.1 Å². The molecule has 1 N–H and O–H groups in total. The molecule has 6 heteroatoms. The molecule has 1 heterocycles. The van der Waals surface area contributed by atoms with E-state index in [0.29, 0.717) is 5.39 Å². The Labute approximate surface area is 140 Å². The van der Waals surface area contributed by atoms with E-state index >= 15 is 0 Å². The van der Waals surface area contributed by atoms with E-state index in [9.17, 15) is 13.2 Å². The molecule has 0 bridgehead atoms. The molecule has 0 aliphatic carbocycles. The van der Waals surface area contributed by atoms with E-state index in [-0.39, 0.29) is 16.7 Å². The van der Waals surface area contributed by atoms with Crippen LogP contribution in [0, 0.1) is 12.3 Å². The van der Waals surface area contributed by atoms with Crippen molar-refractivity contribution in [3.05, 3.63) is 29.6 Å². The number of anilines is 1. The topological polar surface area (TPSA) is 37.8 Å². The van der Waals surface area contributed by atoms with Gasteiger partial charge in [0.1, 0.15) is 5.82 Å². The molecule has 2 aromatic rings. The van der Waals surface area contributed by atoms with Crippen LogP contribution in [-0.4, -0.2) is 15.5 Å². The number of rotatable bonds is 3. The summed E-state index contributed by atoms with van der Waals surface area (Å²) in [7, 11) is 0. The van der Waals surface area contributed by atoms with Gasteiger partial charge >= 0.3 is 6.18 Å². The van der Waals surface area contributed by atoms with E-state index < -0.39 is 17.5 Å². The summed E-state index contributed by atoms with van der Waals surface area (Å²) in [5.74, 6) is -0.891. The molecular formula is C18H24F3N3. The molecule has 0 unspecified atom stereocenters. The van der Waals surface area contributed by atoms with Crippen molar-refractivity contribution >= 4 is 16.7 Å². The van der Waals surface area contributed by atoms with E-state index in [1.807, 2.05) is 26.8 Å².